The standard InChI is InChI=1S/C13H17IN2O2S.ClH/c14-9-2-1-3-13(6-9)19(17,18)16-12-7-10-4-5-11(8-12)15-10;/h1-3,6,10-12,15-16H,4-5,7-8H2;1H. The van der Waals surface area contributed by atoms with Crippen molar-refractivity contribution in [2.75, 3.05) is 0 Å². The van der Waals surface area contributed by atoms with Gasteiger partial charge in [-0.25, -0.2) is 13.1 Å². The molecule has 1 aromatic rings. The average Bonchev–Trinajstić information content (AvgIpc) is 2.68. The second kappa shape index (κ2) is 6.48. The van der Waals surface area contributed by atoms with Crippen LogP contribution < -0.4 is 10.0 Å². The SMILES string of the molecule is Cl.O=S(=O)(NC1CC2CCC(C1)N2)c1cccc(I)c1. The Labute approximate surface area is 139 Å². The number of nitrogens with one attached hydrogen (secondary N) is 2. The lowest BCUT2D eigenvalue weighted by Crippen LogP contribution is -2.47. The lowest BCUT2D eigenvalue weighted by Gasteiger charge is -2.29. The molecule has 2 fully saturated rings. The van der Waals surface area contributed by atoms with E-state index in [1.54, 1.807) is 18.2 Å². The predicted octanol–water partition coefficient (Wildman–Crippen LogP) is 2.27. The molecular formula is C13H18ClIN2O2S. The third-order valence-electron chi connectivity index (χ3n) is 3.90. The van der Waals surface area contributed by atoms with Crippen molar-refractivity contribution in [1.82, 2.24) is 10.0 Å². The third kappa shape index (κ3) is 3.65. The molecule has 0 amide bonds. The summed E-state index contributed by atoms with van der Waals surface area (Å²) < 4.78 is 28.5. The van der Waals surface area contributed by atoms with Crippen LogP contribution in [0.2, 0.25) is 0 Å². The number of piperidine rings is 1. The molecule has 3 rings (SSSR count). The Balaban J connectivity index is 0.00000147. The van der Waals surface area contributed by atoms with E-state index in [-0.39, 0.29) is 18.4 Å². The second-order valence-electron chi connectivity index (χ2n) is 5.38. The Hall–Kier alpha value is 0.110. The molecule has 2 aliphatic rings. The highest BCUT2D eigenvalue weighted by Gasteiger charge is 2.35. The van der Waals surface area contributed by atoms with E-state index in [1.165, 1.54) is 12.8 Å². The van der Waals surface area contributed by atoms with Crippen molar-refractivity contribution >= 4 is 45.0 Å². The van der Waals surface area contributed by atoms with Crippen LogP contribution in [0.25, 0.3) is 0 Å². The molecule has 0 aromatic heterocycles. The summed E-state index contributed by atoms with van der Waals surface area (Å²) in [5, 5.41) is 3.52. The molecule has 112 valence electrons. The summed E-state index contributed by atoms with van der Waals surface area (Å²) in [5.41, 5.74) is 0. The average molecular weight is 429 g/mol. The van der Waals surface area contributed by atoms with Gasteiger partial charge < -0.3 is 5.32 Å². The van der Waals surface area contributed by atoms with Gasteiger partial charge in [0.25, 0.3) is 0 Å². The first-order chi connectivity index (χ1) is 9.03. The van der Waals surface area contributed by atoms with E-state index in [2.05, 4.69) is 32.6 Å². The molecule has 1 aromatic carbocycles. The Kier molecular flexibility index (Phi) is 5.34. The molecule has 2 unspecified atom stereocenters. The van der Waals surface area contributed by atoms with E-state index < -0.39 is 10.0 Å². The predicted molar refractivity (Wildman–Crippen MR) is 89.7 cm³/mol. The quantitative estimate of drug-likeness (QED) is 0.726. The van der Waals surface area contributed by atoms with Crippen LogP contribution in [0.15, 0.2) is 29.2 Å². The van der Waals surface area contributed by atoms with Crippen molar-refractivity contribution in [2.45, 2.75) is 48.7 Å². The molecule has 0 spiro atoms. The summed E-state index contributed by atoms with van der Waals surface area (Å²) in [6.45, 7) is 0. The Bertz CT molecular complexity index is 569. The normalized spacial score (nSPS) is 28.9. The van der Waals surface area contributed by atoms with Gasteiger partial charge in [0, 0.05) is 21.7 Å². The number of sulfonamides is 1. The monoisotopic (exact) mass is 428 g/mol. The number of fused-ring (bicyclic) bond motifs is 2. The van der Waals surface area contributed by atoms with Crippen LogP contribution in [-0.2, 0) is 10.0 Å². The molecule has 7 heteroatoms. The fourth-order valence-electron chi connectivity index (χ4n) is 3.08. The first-order valence-corrected chi connectivity index (χ1v) is 9.13. The zero-order valence-corrected chi connectivity index (χ0v) is 14.7. The molecule has 2 heterocycles. The fourth-order valence-corrected chi connectivity index (χ4v) is 5.14. The number of hydrogen-bond donors (Lipinski definition) is 2. The van der Waals surface area contributed by atoms with Gasteiger partial charge in [0.2, 0.25) is 10.0 Å². The number of halogens is 2. The van der Waals surface area contributed by atoms with Gasteiger partial charge in [-0.1, -0.05) is 6.07 Å². The van der Waals surface area contributed by atoms with Crippen LogP contribution in [0.4, 0.5) is 0 Å². The second-order valence-corrected chi connectivity index (χ2v) is 8.34. The molecule has 2 N–H and O–H groups in total. The van der Waals surface area contributed by atoms with Crippen molar-refractivity contribution in [3.05, 3.63) is 27.8 Å². The zero-order valence-electron chi connectivity index (χ0n) is 10.9. The minimum atomic E-state index is -3.38. The molecule has 0 radical (unpaired) electrons. The summed E-state index contributed by atoms with van der Waals surface area (Å²) in [5.74, 6) is 0. The van der Waals surface area contributed by atoms with Crippen LogP contribution in [0.1, 0.15) is 25.7 Å². The molecule has 0 saturated carbocycles. The highest BCUT2D eigenvalue weighted by atomic mass is 127. The Morgan fingerprint density at radius 3 is 2.45 bits per heavy atom. The Morgan fingerprint density at radius 1 is 1.20 bits per heavy atom. The molecule has 2 saturated heterocycles. The topological polar surface area (TPSA) is 58.2 Å². The first kappa shape index (κ1) is 16.5. The summed E-state index contributed by atoms with van der Waals surface area (Å²) >= 11 is 2.13. The van der Waals surface area contributed by atoms with E-state index in [4.69, 9.17) is 0 Å². The van der Waals surface area contributed by atoms with Gasteiger partial charge in [0.1, 0.15) is 0 Å². The highest BCUT2D eigenvalue weighted by Crippen LogP contribution is 2.27. The van der Waals surface area contributed by atoms with Gasteiger partial charge in [-0.3, -0.25) is 0 Å². The minimum absolute atomic E-state index is 0. The summed E-state index contributed by atoms with van der Waals surface area (Å²) in [4.78, 5) is 0.366. The minimum Gasteiger partial charge on any atom is -0.311 e. The van der Waals surface area contributed by atoms with E-state index in [1.807, 2.05) is 6.07 Å². The summed E-state index contributed by atoms with van der Waals surface area (Å²) in [6.07, 6.45) is 4.15. The van der Waals surface area contributed by atoms with E-state index >= 15 is 0 Å². The van der Waals surface area contributed by atoms with Crippen LogP contribution in [0, 0.1) is 3.57 Å². The van der Waals surface area contributed by atoms with Gasteiger partial charge in [-0.05, 0) is 66.5 Å². The van der Waals surface area contributed by atoms with E-state index in [0.717, 1.165) is 16.4 Å². The number of hydrogen-bond acceptors (Lipinski definition) is 3. The van der Waals surface area contributed by atoms with Crippen LogP contribution in [0.5, 0.6) is 0 Å². The van der Waals surface area contributed by atoms with Crippen LogP contribution in [0.3, 0.4) is 0 Å². The van der Waals surface area contributed by atoms with Crippen molar-refractivity contribution in [3.63, 3.8) is 0 Å². The molecule has 4 nitrogen and oxygen atoms in total. The molecule has 2 aliphatic heterocycles. The number of benzene rings is 1. The van der Waals surface area contributed by atoms with Crippen molar-refractivity contribution in [1.29, 1.82) is 0 Å². The highest BCUT2D eigenvalue weighted by molar-refractivity contribution is 14.1. The van der Waals surface area contributed by atoms with Gasteiger partial charge in [-0.2, -0.15) is 0 Å². The van der Waals surface area contributed by atoms with E-state index in [0.29, 0.717) is 17.0 Å². The van der Waals surface area contributed by atoms with Crippen molar-refractivity contribution < 1.29 is 8.42 Å². The molecule has 2 bridgehead atoms. The lowest BCUT2D eigenvalue weighted by molar-refractivity contribution is 0.345. The molecular weight excluding hydrogens is 411 g/mol. The molecule has 2 atom stereocenters. The van der Waals surface area contributed by atoms with Gasteiger partial charge in [-0.15, -0.1) is 12.4 Å². The van der Waals surface area contributed by atoms with Crippen LogP contribution in [-0.4, -0.2) is 26.5 Å². The largest absolute Gasteiger partial charge is 0.311 e. The summed E-state index contributed by atoms with van der Waals surface area (Å²) in [7, 11) is -3.38. The molecule has 0 aliphatic carbocycles. The van der Waals surface area contributed by atoms with Gasteiger partial charge >= 0.3 is 0 Å². The smallest absolute Gasteiger partial charge is 0.240 e. The Morgan fingerprint density at radius 2 is 1.85 bits per heavy atom. The first-order valence-electron chi connectivity index (χ1n) is 6.57. The van der Waals surface area contributed by atoms with Crippen molar-refractivity contribution in [2.24, 2.45) is 0 Å². The number of rotatable bonds is 3. The van der Waals surface area contributed by atoms with Gasteiger partial charge in [0.15, 0.2) is 0 Å². The zero-order chi connectivity index (χ0) is 13.5. The lowest BCUT2D eigenvalue weighted by atomic mass is 10.0. The van der Waals surface area contributed by atoms with E-state index in [9.17, 15) is 8.42 Å². The van der Waals surface area contributed by atoms with Crippen LogP contribution >= 0.6 is 35.0 Å². The molecule has 20 heavy (non-hydrogen) atoms. The fraction of sp³-hybridized carbons (Fsp3) is 0.538. The maximum Gasteiger partial charge on any atom is 0.240 e. The van der Waals surface area contributed by atoms with Gasteiger partial charge in [0.05, 0.1) is 4.90 Å². The van der Waals surface area contributed by atoms with Crippen molar-refractivity contribution in [3.8, 4) is 0 Å². The maximum absolute atomic E-state index is 12.4. The third-order valence-corrected chi connectivity index (χ3v) is 6.09. The maximum atomic E-state index is 12.4. The summed E-state index contributed by atoms with van der Waals surface area (Å²) in [6, 6.07) is 8.08.